The summed E-state index contributed by atoms with van der Waals surface area (Å²) in [5, 5.41) is 0.0814. The lowest BCUT2D eigenvalue weighted by atomic mass is 10.1. The largest absolute Gasteiger partial charge is 0.493 e. The van der Waals surface area contributed by atoms with Crippen LogP contribution in [0.1, 0.15) is 11.1 Å². The normalized spacial score (nSPS) is 14.9. The topological polar surface area (TPSA) is 82.1 Å². The second-order valence-electron chi connectivity index (χ2n) is 6.10. The first kappa shape index (κ1) is 21.7. The van der Waals surface area contributed by atoms with E-state index in [0.717, 1.165) is 16.7 Å². The Balaban J connectivity index is 1.88. The molecule has 1 heterocycles. The summed E-state index contributed by atoms with van der Waals surface area (Å²) in [5.41, 5.74) is 1.16. The van der Waals surface area contributed by atoms with Gasteiger partial charge in [0.1, 0.15) is 0 Å². The Morgan fingerprint density at radius 1 is 1.13 bits per heavy atom. The first-order valence-electron chi connectivity index (χ1n) is 8.80. The van der Waals surface area contributed by atoms with Crippen LogP contribution in [-0.4, -0.2) is 42.8 Å². The molecule has 0 bridgehead atoms. The van der Waals surface area contributed by atoms with Crippen LogP contribution in [0.25, 0.3) is 6.08 Å². The number of carbonyl (C=O) groups is 3. The van der Waals surface area contributed by atoms with Crippen LogP contribution in [0.4, 0.5) is 4.79 Å². The molecule has 2 amide bonds. The molecule has 0 aliphatic carbocycles. The number of rotatable bonds is 7. The number of esters is 1. The summed E-state index contributed by atoms with van der Waals surface area (Å²) in [6.07, 6.45) is 1.53. The fourth-order valence-corrected chi connectivity index (χ4v) is 3.75. The van der Waals surface area contributed by atoms with Gasteiger partial charge in [-0.3, -0.25) is 14.5 Å². The molecule has 2 aromatic carbocycles. The zero-order chi connectivity index (χ0) is 21.7. The predicted octanol–water partition coefficient (Wildman–Crippen LogP) is 4.14. The first-order valence-corrected chi connectivity index (χ1v) is 9.99. The van der Waals surface area contributed by atoms with Crippen molar-refractivity contribution in [2.24, 2.45) is 0 Å². The number of hydrogen-bond donors (Lipinski definition) is 0. The van der Waals surface area contributed by atoms with Crippen LogP contribution in [0.5, 0.6) is 11.5 Å². The zero-order valence-electron chi connectivity index (χ0n) is 16.2. The molecule has 0 atom stereocenters. The molecule has 7 nitrogen and oxygen atoms in total. The molecule has 3 rings (SSSR count). The lowest BCUT2D eigenvalue weighted by Crippen LogP contribution is -2.27. The Kier molecular flexibility index (Phi) is 7.02. The number of halogens is 1. The molecule has 0 radical (unpaired) electrons. The molecule has 2 aromatic rings. The second kappa shape index (κ2) is 9.69. The van der Waals surface area contributed by atoms with Crippen molar-refractivity contribution in [3.8, 4) is 11.5 Å². The van der Waals surface area contributed by atoms with Crippen molar-refractivity contribution in [2.45, 2.75) is 6.54 Å². The highest BCUT2D eigenvalue weighted by Crippen LogP contribution is 2.38. The van der Waals surface area contributed by atoms with Crippen LogP contribution in [0, 0.1) is 0 Å². The molecule has 0 saturated carbocycles. The molecule has 1 saturated heterocycles. The van der Waals surface area contributed by atoms with Crippen LogP contribution < -0.4 is 9.47 Å². The molecule has 1 aliphatic rings. The lowest BCUT2D eigenvalue weighted by molar-refractivity contribution is -0.143. The van der Waals surface area contributed by atoms with Crippen LogP contribution in [0.15, 0.2) is 47.4 Å². The summed E-state index contributed by atoms with van der Waals surface area (Å²) in [4.78, 5) is 38.1. The van der Waals surface area contributed by atoms with Gasteiger partial charge in [0.2, 0.25) is 0 Å². The Hall–Kier alpha value is -2.97. The average molecular weight is 448 g/mol. The SMILES string of the molecule is COC(=O)COc1c(/C=C2/SC(=O)N(Cc3ccccc3Cl)C2=O)cccc1OC. The Morgan fingerprint density at radius 2 is 1.90 bits per heavy atom. The Morgan fingerprint density at radius 3 is 2.60 bits per heavy atom. The molecule has 0 aromatic heterocycles. The van der Waals surface area contributed by atoms with Crippen molar-refractivity contribution in [3.63, 3.8) is 0 Å². The molecule has 0 spiro atoms. The Bertz CT molecular complexity index is 1020. The van der Waals surface area contributed by atoms with Crippen molar-refractivity contribution in [1.82, 2.24) is 4.90 Å². The number of hydrogen-bond acceptors (Lipinski definition) is 7. The van der Waals surface area contributed by atoms with Gasteiger partial charge >= 0.3 is 5.97 Å². The van der Waals surface area contributed by atoms with E-state index in [2.05, 4.69) is 4.74 Å². The minimum Gasteiger partial charge on any atom is -0.493 e. The van der Waals surface area contributed by atoms with Crippen molar-refractivity contribution in [3.05, 3.63) is 63.5 Å². The van der Waals surface area contributed by atoms with Gasteiger partial charge in [-0.1, -0.05) is 41.9 Å². The maximum absolute atomic E-state index is 12.8. The lowest BCUT2D eigenvalue weighted by Gasteiger charge is -2.14. The van der Waals surface area contributed by atoms with Crippen LogP contribution in [-0.2, 0) is 20.9 Å². The number of amides is 2. The van der Waals surface area contributed by atoms with Gasteiger partial charge in [0.25, 0.3) is 11.1 Å². The maximum Gasteiger partial charge on any atom is 0.343 e. The number of thioether (sulfide) groups is 1. The van der Waals surface area contributed by atoms with E-state index in [0.29, 0.717) is 21.9 Å². The number of carbonyl (C=O) groups excluding carboxylic acids is 3. The molecule has 0 N–H and O–H groups in total. The standard InChI is InChI=1S/C21H18ClNO6S/c1-27-16-9-5-7-13(19(16)29-12-18(24)28-2)10-17-20(25)23(21(26)30-17)11-14-6-3-4-8-15(14)22/h3-10H,11-12H2,1-2H3/b17-10+. The second-order valence-corrected chi connectivity index (χ2v) is 7.50. The number of benzene rings is 2. The van der Waals surface area contributed by atoms with E-state index < -0.39 is 17.1 Å². The van der Waals surface area contributed by atoms with Gasteiger partial charge in [0.05, 0.1) is 25.7 Å². The van der Waals surface area contributed by atoms with Crippen molar-refractivity contribution in [1.29, 1.82) is 0 Å². The number of ether oxygens (including phenoxy) is 3. The fraction of sp³-hybridized carbons (Fsp3) is 0.190. The first-order chi connectivity index (χ1) is 14.4. The summed E-state index contributed by atoms with van der Waals surface area (Å²) in [6, 6.07) is 12.1. The molecule has 1 fully saturated rings. The third kappa shape index (κ3) is 4.77. The van der Waals surface area contributed by atoms with E-state index in [9.17, 15) is 14.4 Å². The minimum absolute atomic E-state index is 0.0749. The van der Waals surface area contributed by atoms with Crippen molar-refractivity contribution >= 4 is 46.6 Å². The van der Waals surface area contributed by atoms with E-state index in [1.807, 2.05) is 0 Å². The summed E-state index contributed by atoms with van der Waals surface area (Å²) in [6.45, 7) is -0.253. The zero-order valence-corrected chi connectivity index (χ0v) is 17.8. The highest BCUT2D eigenvalue weighted by molar-refractivity contribution is 8.18. The van der Waals surface area contributed by atoms with Gasteiger partial charge in [-0.15, -0.1) is 0 Å². The highest BCUT2D eigenvalue weighted by Gasteiger charge is 2.35. The fourth-order valence-electron chi connectivity index (χ4n) is 2.73. The predicted molar refractivity (Wildman–Crippen MR) is 113 cm³/mol. The average Bonchev–Trinajstić information content (AvgIpc) is 3.01. The molecular formula is C21H18ClNO6S. The third-order valence-electron chi connectivity index (χ3n) is 4.24. The van der Waals surface area contributed by atoms with Gasteiger partial charge in [0.15, 0.2) is 18.1 Å². The van der Waals surface area contributed by atoms with Crippen molar-refractivity contribution in [2.75, 3.05) is 20.8 Å². The highest BCUT2D eigenvalue weighted by atomic mass is 35.5. The molecule has 1 aliphatic heterocycles. The summed E-state index contributed by atoms with van der Waals surface area (Å²) in [7, 11) is 2.71. The number of para-hydroxylation sites is 1. The van der Waals surface area contributed by atoms with E-state index in [1.165, 1.54) is 20.3 Å². The van der Waals surface area contributed by atoms with E-state index in [4.69, 9.17) is 21.1 Å². The summed E-state index contributed by atoms with van der Waals surface area (Å²) < 4.78 is 15.4. The maximum atomic E-state index is 12.8. The van der Waals surface area contributed by atoms with Crippen LogP contribution >= 0.6 is 23.4 Å². The molecular weight excluding hydrogens is 430 g/mol. The van der Waals surface area contributed by atoms with E-state index in [1.54, 1.807) is 42.5 Å². The quantitative estimate of drug-likeness (QED) is 0.466. The minimum atomic E-state index is -0.563. The number of methoxy groups -OCH3 is 2. The smallest absolute Gasteiger partial charge is 0.343 e. The Labute approximate surface area is 182 Å². The van der Waals surface area contributed by atoms with Gasteiger partial charge in [-0.05, 0) is 35.5 Å². The monoisotopic (exact) mass is 447 g/mol. The van der Waals surface area contributed by atoms with Gasteiger partial charge < -0.3 is 14.2 Å². The molecule has 9 heteroatoms. The molecule has 0 unspecified atom stereocenters. The van der Waals surface area contributed by atoms with Gasteiger partial charge in [-0.2, -0.15) is 0 Å². The molecule has 156 valence electrons. The van der Waals surface area contributed by atoms with Crippen LogP contribution in [0.2, 0.25) is 5.02 Å². The van der Waals surface area contributed by atoms with Gasteiger partial charge in [0, 0.05) is 10.6 Å². The summed E-state index contributed by atoms with van der Waals surface area (Å²) >= 11 is 6.97. The molecule has 30 heavy (non-hydrogen) atoms. The summed E-state index contributed by atoms with van der Waals surface area (Å²) in [5.74, 6) is -0.357. The third-order valence-corrected chi connectivity index (χ3v) is 5.51. The number of nitrogens with zero attached hydrogens (tertiary/aromatic N) is 1. The van der Waals surface area contributed by atoms with E-state index in [-0.39, 0.29) is 23.8 Å². The van der Waals surface area contributed by atoms with Crippen molar-refractivity contribution < 1.29 is 28.6 Å². The van der Waals surface area contributed by atoms with E-state index >= 15 is 0 Å². The number of imide groups is 1. The van der Waals surface area contributed by atoms with Crippen LogP contribution in [0.3, 0.4) is 0 Å². The van der Waals surface area contributed by atoms with Gasteiger partial charge in [-0.25, -0.2) is 4.79 Å².